The first kappa shape index (κ1) is 14.5. The number of rotatable bonds is 2. The van der Waals surface area contributed by atoms with Crippen molar-refractivity contribution in [3.05, 3.63) is 35.9 Å². The molecule has 0 radical (unpaired) electrons. The lowest BCUT2D eigenvalue weighted by molar-refractivity contribution is -0.160. The Kier molecular flexibility index (Phi) is 4.74. The Hall–Kier alpha value is -1.88. The van der Waals surface area contributed by atoms with Crippen LogP contribution in [0.3, 0.4) is 0 Å². The molecule has 2 unspecified atom stereocenters. The van der Waals surface area contributed by atoms with Crippen LogP contribution in [-0.2, 0) is 14.3 Å². The van der Waals surface area contributed by atoms with Crippen LogP contribution in [0.5, 0.6) is 0 Å². The van der Waals surface area contributed by atoms with Crippen LogP contribution in [0.2, 0.25) is 0 Å². The maximum Gasteiger partial charge on any atom is 0.397 e. The molecule has 0 aliphatic carbocycles. The quantitative estimate of drug-likeness (QED) is 0.643. The summed E-state index contributed by atoms with van der Waals surface area (Å²) in [6, 6.07) is 9.87. The van der Waals surface area contributed by atoms with E-state index in [0.29, 0.717) is 13.1 Å². The topological polar surface area (TPSA) is 72.6 Å². The summed E-state index contributed by atoms with van der Waals surface area (Å²) in [5.74, 6) is -1.16. The van der Waals surface area contributed by atoms with Gasteiger partial charge in [0.15, 0.2) is 0 Å². The maximum absolute atomic E-state index is 11.9. The number of esters is 1. The summed E-state index contributed by atoms with van der Waals surface area (Å²) < 4.78 is 4.73. The van der Waals surface area contributed by atoms with Gasteiger partial charge in [-0.3, -0.25) is 4.79 Å². The van der Waals surface area contributed by atoms with Crippen molar-refractivity contribution in [3.63, 3.8) is 0 Å². The highest BCUT2D eigenvalue weighted by molar-refractivity contribution is 6.32. The molecule has 5 nitrogen and oxygen atoms in total. The molecule has 1 aliphatic heterocycles. The van der Waals surface area contributed by atoms with E-state index in [2.05, 4.69) is 0 Å². The molecular weight excluding hydrogens is 256 g/mol. The molecule has 20 heavy (non-hydrogen) atoms. The predicted octanol–water partition coefficient (Wildman–Crippen LogP) is 0.893. The summed E-state index contributed by atoms with van der Waals surface area (Å²) in [5.41, 5.74) is 7.35. The van der Waals surface area contributed by atoms with E-state index in [9.17, 15) is 9.59 Å². The van der Waals surface area contributed by atoms with Crippen molar-refractivity contribution in [1.29, 1.82) is 0 Å². The zero-order chi connectivity index (χ0) is 14.5. The van der Waals surface area contributed by atoms with Gasteiger partial charge in [0, 0.05) is 25.0 Å². The zero-order valence-corrected chi connectivity index (χ0v) is 11.6. The smallest absolute Gasteiger partial charge is 0.397 e. The Morgan fingerprint density at radius 3 is 2.65 bits per heavy atom. The standard InChI is InChI=1S/C15H20N2O3/c1-2-20-15(19)14(18)17-9-8-12(13(16)10-17)11-6-4-3-5-7-11/h3-7,12-13H,2,8-10,16H2,1H3. The second-order valence-electron chi connectivity index (χ2n) is 4.94. The van der Waals surface area contributed by atoms with Crippen molar-refractivity contribution in [2.24, 2.45) is 5.73 Å². The van der Waals surface area contributed by atoms with Gasteiger partial charge in [0.1, 0.15) is 0 Å². The number of carbonyl (C=O) groups is 2. The molecule has 5 heteroatoms. The first-order chi connectivity index (χ1) is 9.63. The van der Waals surface area contributed by atoms with E-state index in [4.69, 9.17) is 10.5 Å². The molecule has 1 aromatic carbocycles. The van der Waals surface area contributed by atoms with E-state index in [1.165, 1.54) is 10.5 Å². The fraction of sp³-hybridized carbons (Fsp3) is 0.467. The second kappa shape index (κ2) is 6.52. The number of nitrogens with zero attached hydrogens (tertiary/aromatic N) is 1. The SMILES string of the molecule is CCOC(=O)C(=O)N1CCC(c2ccccc2)C(N)C1. The van der Waals surface area contributed by atoms with E-state index < -0.39 is 11.9 Å². The number of hydrogen-bond donors (Lipinski definition) is 1. The maximum atomic E-state index is 11.9. The number of piperidine rings is 1. The van der Waals surface area contributed by atoms with Crippen LogP contribution >= 0.6 is 0 Å². The molecule has 2 rings (SSSR count). The molecule has 1 saturated heterocycles. The first-order valence-electron chi connectivity index (χ1n) is 6.90. The molecule has 2 N–H and O–H groups in total. The lowest BCUT2D eigenvalue weighted by Gasteiger charge is -2.36. The van der Waals surface area contributed by atoms with Crippen molar-refractivity contribution in [2.45, 2.75) is 25.3 Å². The molecule has 0 saturated carbocycles. The third kappa shape index (κ3) is 3.17. The Balaban J connectivity index is 1.99. The average Bonchev–Trinajstić information content (AvgIpc) is 2.47. The monoisotopic (exact) mass is 276 g/mol. The minimum absolute atomic E-state index is 0.162. The van der Waals surface area contributed by atoms with Gasteiger partial charge in [0.25, 0.3) is 0 Å². The number of ether oxygens (including phenoxy) is 1. The molecule has 108 valence electrons. The highest BCUT2D eigenvalue weighted by Crippen LogP contribution is 2.27. The van der Waals surface area contributed by atoms with E-state index in [1.54, 1.807) is 6.92 Å². The molecule has 0 spiro atoms. The molecule has 1 aromatic rings. The average molecular weight is 276 g/mol. The number of amides is 1. The zero-order valence-electron chi connectivity index (χ0n) is 11.6. The van der Waals surface area contributed by atoms with Gasteiger partial charge in [0.05, 0.1) is 6.61 Å². The highest BCUT2D eigenvalue weighted by atomic mass is 16.5. The predicted molar refractivity (Wildman–Crippen MR) is 75.0 cm³/mol. The molecule has 0 bridgehead atoms. The van der Waals surface area contributed by atoms with E-state index in [1.807, 2.05) is 30.3 Å². The Bertz CT molecular complexity index is 475. The summed E-state index contributed by atoms with van der Waals surface area (Å²) in [7, 11) is 0. The Labute approximate surface area is 118 Å². The number of benzene rings is 1. The minimum atomic E-state index is -0.794. The third-order valence-electron chi connectivity index (χ3n) is 3.62. The summed E-state index contributed by atoms with van der Waals surface area (Å²) in [4.78, 5) is 24.8. The summed E-state index contributed by atoms with van der Waals surface area (Å²) >= 11 is 0. The number of nitrogens with two attached hydrogens (primary N) is 1. The lowest BCUT2D eigenvalue weighted by atomic mass is 9.86. The van der Waals surface area contributed by atoms with Gasteiger partial charge in [-0.05, 0) is 18.9 Å². The molecule has 1 aliphatic rings. The van der Waals surface area contributed by atoms with Crippen molar-refractivity contribution in [1.82, 2.24) is 4.90 Å². The highest BCUT2D eigenvalue weighted by Gasteiger charge is 2.32. The van der Waals surface area contributed by atoms with E-state index in [0.717, 1.165) is 6.42 Å². The van der Waals surface area contributed by atoms with Crippen molar-refractivity contribution in [2.75, 3.05) is 19.7 Å². The molecule has 2 atom stereocenters. The first-order valence-corrected chi connectivity index (χ1v) is 6.90. The van der Waals surface area contributed by atoms with Crippen LogP contribution in [0, 0.1) is 0 Å². The Morgan fingerprint density at radius 2 is 2.05 bits per heavy atom. The van der Waals surface area contributed by atoms with E-state index in [-0.39, 0.29) is 18.6 Å². The van der Waals surface area contributed by atoms with Gasteiger partial charge in [0.2, 0.25) is 0 Å². The number of hydrogen-bond acceptors (Lipinski definition) is 4. The Morgan fingerprint density at radius 1 is 1.35 bits per heavy atom. The largest absolute Gasteiger partial charge is 0.459 e. The summed E-state index contributed by atoms with van der Waals surface area (Å²) in [6.45, 7) is 2.80. The van der Waals surface area contributed by atoms with Crippen LogP contribution < -0.4 is 5.73 Å². The molecular formula is C15H20N2O3. The summed E-state index contributed by atoms with van der Waals surface area (Å²) in [5, 5.41) is 0. The van der Waals surface area contributed by atoms with Crippen LogP contribution in [0.15, 0.2) is 30.3 Å². The molecule has 1 heterocycles. The molecule has 0 aromatic heterocycles. The minimum Gasteiger partial charge on any atom is -0.459 e. The van der Waals surface area contributed by atoms with Crippen LogP contribution in [-0.4, -0.2) is 42.5 Å². The van der Waals surface area contributed by atoms with Gasteiger partial charge in [-0.2, -0.15) is 0 Å². The van der Waals surface area contributed by atoms with Crippen molar-refractivity contribution in [3.8, 4) is 0 Å². The van der Waals surface area contributed by atoms with Gasteiger partial charge in [-0.25, -0.2) is 4.79 Å². The third-order valence-corrected chi connectivity index (χ3v) is 3.62. The normalized spacial score (nSPS) is 22.4. The number of carbonyl (C=O) groups excluding carboxylic acids is 2. The van der Waals surface area contributed by atoms with Gasteiger partial charge >= 0.3 is 11.9 Å². The lowest BCUT2D eigenvalue weighted by Crippen LogP contribution is -2.51. The van der Waals surface area contributed by atoms with Gasteiger partial charge in [-0.15, -0.1) is 0 Å². The van der Waals surface area contributed by atoms with Crippen LogP contribution in [0.25, 0.3) is 0 Å². The van der Waals surface area contributed by atoms with Gasteiger partial charge in [-0.1, -0.05) is 30.3 Å². The fourth-order valence-corrected chi connectivity index (χ4v) is 2.60. The van der Waals surface area contributed by atoms with Crippen molar-refractivity contribution < 1.29 is 14.3 Å². The van der Waals surface area contributed by atoms with Crippen LogP contribution in [0.4, 0.5) is 0 Å². The van der Waals surface area contributed by atoms with Gasteiger partial charge < -0.3 is 15.4 Å². The summed E-state index contributed by atoms with van der Waals surface area (Å²) in [6.07, 6.45) is 0.760. The second-order valence-corrected chi connectivity index (χ2v) is 4.94. The molecule has 1 amide bonds. The number of likely N-dealkylation sites (tertiary alicyclic amines) is 1. The van der Waals surface area contributed by atoms with E-state index >= 15 is 0 Å². The fourth-order valence-electron chi connectivity index (χ4n) is 2.60. The van der Waals surface area contributed by atoms with Crippen LogP contribution in [0.1, 0.15) is 24.8 Å². The van der Waals surface area contributed by atoms with Crippen molar-refractivity contribution >= 4 is 11.9 Å². The molecule has 1 fully saturated rings.